The van der Waals surface area contributed by atoms with Crippen LogP contribution in [-0.4, -0.2) is 66.8 Å². The molecule has 0 saturated carbocycles. The van der Waals surface area contributed by atoms with Gasteiger partial charge >= 0.3 is 23.5 Å². The average molecular weight is 600 g/mol. The Hall–Kier alpha value is -2.07. The number of ether oxygens (including phenoxy) is 1. The number of aromatic amines is 1. The van der Waals surface area contributed by atoms with E-state index in [1.165, 1.54) is 17.0 Å². The molecule has 1 aliphatic heterocycles. The number of rotatable bonds is 14. The minimum atomic E-state index is -5.60. The molecule has 0 spiro atoms. The zero-order valence-electron chi connectivity index (χ0n) is 20.0. The minimum absolute atomic E-state index is 0.00625. The summed E-state index contributed by atoms with van der Waals surface area (Å²) < 4.78 is 60.6. The van der Waals surface area contributed by atoms with Crippen LogP contribution in [0.2, 0.25) is 0 Å². The highest BCUT2D eigenvalue weighted by molar-refractivity contribution is 7.66. The average Bonchev–Trinajstić information content (AvgIpc) is 3.38. The van der Waals surface area contributed by atoms with Crippen molar-refractivity contribution in [3.8, 4) is 0 Å². The smallest absolute Gasteiger partial charge is 0.369 e. The normalized spacial score (nSPS) is 26.4. The van der Waals surface area contributed by atoms with Gasteiger partial charge in [0.1, 0.15) is 11.8 Å². The van der Waals surface area contributed by atoms with Crippen molar-refractivity contribution in [2.45, 2.75) is 31.1 Å². The number of H-pyrrole nitrogens is 1. The third-order valence-electron chi connectivity index (χ3n) is 5.58. The fourth-order valence-corrected chi connectivity index (χ4v) is 7.26. The molecule has 1 fully saturated rings. The van der Waals surface area contributed by atoms with Crippen LogP contribution in [0.1, 0.15) is 25.5 Å². The lowest BCUT2D eigenvalue weighted by molar-refractivity contribution is -0.108. The van der Waals surface area contributed by atoms with E-state index in [4.69, 9.17) is 15.0 Å². The van der Waals surface area contributed by atoms with Crippen LogP contribution in [0.15, 0.2) is 28.8 Å². The molecule has 2 aromatic rings. The molecule has 3 unspecified atom stereocenters. The second-order valence-corrected chi connectivity index (χ2v) is 12.8. The zero-order valence-corrected chi connectivity index (χ0v) is 22.7. The molecule has 21 heteroatoms. The van der Waals surface area contributed by atoms with Gasteiger partial charge in [-0.15, -0.1) is 6.58 Å². The maximum absolute atomic E-state index is 12.5. The van der Waals surface area contributed by atoms with Crippen LogP contribution < -0.4 is 11.3 Å². The molecule has 38 heavy (non-hydrogen) atoms. The fourth-order valence-electron chi connectivity index (χ4n) is 3.94. The first kappa shape index (κ1) is 30.5. The SMILES string of the molecule is C=C[C@H]1C[C@H](n2cnc3c(=O)[nH]c(N)nc32)O[C@]1(CCCN=C)COP(=O)(O)OP(=O)(O)OP(=O)(O)OC. The van der Waals surface area contributed by atoms with Crippen molar-refractivity contribution in [1.82, 2.24) is 19.5 Å². The van der Waals surface area contributed by atoms with Gasteiger partial charge in [-0.25, -0.2) is 18.7 Å². The van der Waals surface area contributed by atoms with Gasteiger partial charge in [0.2, 0.25) is 5.95 Å². The minimum Gasteiger partial charge on any atom is -0.369 e. The molecule has 1 aliphatic rings. The second kappa shape index (κ2) is 11.6. The molecule has 3 heterocycles. The van der Waals surface area contributed by atoms with Gasteiger partial charge in [-0.05, 0) is 19.6 Å². The lowest BCUT2D eigenvalue weighted by Crippen LogP contribution is -2.40. The van der Waals surface area contributed by atoms with E-state index in [1.807, 2.05) is 0 Å². The third-order valence-corrected chi connectivity index (χ3v) is 9.80. The van der Waals surface area contributed by atoms with Crippen LogP contribution in [0.25, 0.3) is 11.2 Å². The van der Waals surface area contributed by atoms with E-state index in [2.05, 4.69) is 46.4 Å². The van der Waals surface area contributed by atoms with Gasteiger partial charge in [0, 0.05) is 26.0 Å². The van der Waals surface area contributed by atoms with Crippen LogP contribution in [0.5, 0.6) is 0 Å². The number of phosphoric ester groups is 2. The Labute approximate surface area is 215 Å². The quantitative estimate of drug-likeness (QED) is 0.0893. The summed E-state index contributed by atoms with van der Waals surface area (Å²) in [5.41, 5.74) is 3.88. The van der Waals surface area contributed by atoms with E-state index < -0.39 is 53.4 Å². The molecule has 0 bridgehead atoms. The van der Waals surface area contributed by atoms with Gasteiger partial charge in [-0.3, -0.25) is 23.4 Å². The Kier molecular flexibility index (Phi) is 9.29. The van der Waals surface area contributed by atoms with Crippen molar-refractivity contribution >= 4 is 47.3 Å². The maximum atomic E-state index is 12.5. The molecule has 6 atom stereocenters. The fraction of sp³-hybridized carbons (Fsp3) is 0.529. The second-order valence-electron chi connectivity index (χ2n) is 8.07. The van der Waals surface area contributed by atoms with Gasteiger partial charge in [-0.2, -0.15) is 13.6 Å². The van der Waals surface area contributed by atoms with Gasteiger partial charge in [0.25, 0.3) is 5.56 Å². The van der Waals surface area contributed by atoms with E-state index in [0.717, 1.165) is 0 Å². The van der Waals surface area contributed by atoms with Gasteiger partial charge in [-0.1, -0.05) is 6.08 Å². The predicted octanol–water partition coefficient (Wildman–Crippen LogP) is 1.64. The number of hydrogen-bond donors (Lipinski definition) is 5. The molecule has 0 aliphatic carbocycles. The maximum Gasteiger partial charge on any atom is 0.490 e. The predicted molar refractivity (Wildman–Crippen MR) is 132 cm³/mol. The largest absolute Gasteiger partial charge is 0.490 e. The summed E-state index contributed by atoms with van der Waals surface area (Å²) in [5, 5.41) is 0. The molecule has 212 valence electrons. The van der Waals surface area contributed by atoms with Crippen LogP contribution in [0.4, 0.5) is 5.95 Å². The number of nitrogen functional groups attached to an aromatic ring is 1. The summed E-state index contributed by atoms with van der Waals surface area (Å²) in [6, 6.07) is 0. The Morgan fingerprint density at radius 3 is 2.63 bits per heavy atom. The van der Waals surface area contributed by atoms with E-state index >= 15 is 0 Å². The summed E-state index contributed by atoms with van der Waals surface area (Å²) in [6.45, 7) is 6.85. The number of phosphoric acid groups is 3. The van der Waals surface area contributed by atoms with E-state index in [0.29, 0.717) is 20.1 Å². The topological polar surface area (TPSA) is 260 Å². The lowest BCUT2D eigenvalue weighted by Gasteiger charge is -2.33. The molecular formula is C17H27N6O12P3. The zero-order chi connectivity index (χ0) is 28.4. The molecule has 18 nitrogen and oxygen atoms in total. The Bertz CT molecular complexity index is 1400. The van der Waals surface area contributed by atoms with Crippen molar-refractivity contribution in [2.75, 3.05) is 26.0 Å². The Morgan fingerprint density at radius 2 is 2.00 bits per heavy atom. The summed E-state index contributed by atoms with van der Waals surface area (Å²) >= 11 is 0. The third kappa shape index (κ3) is 7.11. The number of hydrogen-bond acceptors (Lipinski definition) is 13. The van der Waals surface area contributed by atoms with Gasteiger partial charge < -0.3 is 30.1 Å². The monoisotopic (exact) mass is 600 g/mol. The number of nitrogens with two attached hydrogens (primary N) is 1. The molecule has 1 saturated heterocycles. The number of anilines is 1. The molecule has 2 aromatic heterocycles. The van der Waals surface area contributed by atoms with E-state index in [9.17, 15) is 33.2 Å². The Morgan fingerprint density at radius 1 is 1.32 bits per heavy atom. The summed E-state index contributed by atoms with van der Waals surface area (Å²) in [7, 11) is -15.3. The molecule has 6 N–H and O–H groups in total. The highest BCUT2D eigenvalue weighted by Gasteiger charge is 2.50. The number of fused-ring (bicyclic) bond motifs is 1. The molecule has 0 amide bonds. The molecule has 0 radical (unpaired) electrons. The van der Waals surface area contributed by atoms with E-state index in [-0.39, 0.29) is 30.0 Å². The lowest BCUT2D eigenvalue weighted by atomic mass is 9.84. The van der Waals surface area contributed by atoms with Gasteiger partial charge in [0.05, 0.1) is 12.9 Å². The van der Waals surface area contributed by atoms with Crippen LogP contribution in [0, 0.1) is 5.92 Å². The number of aromatic nitrogens is 4. The molecular weight excluding hydrogens is 573 g/mol. The van der Waals surface area contributed by atoms with Crippen LogP contribution >= 0.6 is 23.5 Å². The first-order chi connectivity index (χ1) is 17.7. The molecule has 0 aromatic carbocycles. The van der Waals surface area contributed by atoms with Crippen molar-refractivity contribution < 1.29 is 50.8 Å². The van der Waals surface area contributed by atoms with Crippen molar-refractivity contribution in [1.29, 1.82) is 0 Å². The van der Waals surface area contributed by atoms with Crippen molar-refractivity contribution in [3.63, 3.8) is 0 Å². The summed E-state index contributed by atoms with van der Waals surface area (Å²) in [6.07, 6.45) is 2.84. The van der Waals surface area contributed by atoms with E-state index in [1.54, 1.807) is 0 Å². The number of nitrogens with one attached hydrogen (secondary N) is 1. The standard InChI is InChI=1S/C17H27N6O12P3/c1-4-11-8-12(23-10-20-13-14(23)21-16(18)22-15(13)24)33-17(11,6-5-7-19-2)9-32-37(27,28)35-38(29,30)34-36(25,26)31-3/h4,10-12H,1-2,5-9H2,3H3,(H,25,26)(H,27,28)(H,29,30)(H3,18,21,22,24)/t11-,12+,17+/m0/s1. The first-order valence-corrected chi connectivity index (χ1v) is 15.2. The van der Waals surface area contributed by atoms with Crippen LogP contribution in [0.3, 0.4) is 0 Å². The number of aliphatic imine (C=N–C) groups is 1. The number of nitrogens with zero attached hydrogens (tertiary/aromatic N) is 4. The number of imidazole rings is 1. The first-order valence-electron chi connectivity index (χ1n) is 10.7. The van der Waals surface area contributed by atoms with Crippen molar-refractivity contribution in [3.05, 3.63) is 29.3 Å². The summed E-state index contributed by atoms with van der Waals surface area (Å²) in [5.74, 6) is -0.679. The highest BCUT2D eigenvalue weighted by Crippen LogP contribution is 2.67. The van der Waals surface area contributed by atoms with Crippen molar-refractivity contribution in [2.24, 2.45) is 10.9 Å². The summed E-state index contributed by atoms with van der Waals surface area (Å²) in [4.78, 5) is 55.4. The van der Waals surface area contributed by atoms with Gasteiger partial charge in [0.15, 0.2) is 11.2 Å². The highest BCUT2D eigenvalue weighted by atomic mass is 31.3. The van der Waals surface area contributed by atoms with Crippen LogP contribution in [-0.2, 0) is 36.1 Å². The molecule has 3 rings (SSSR count). The Balaban J connectivity index is 1.88.